The van der Waals surface area contributed by atoms with E-state index in [-0.39, 0.29) is 17.8 Å². The molecule has 0 aromatic carbocycles. The van der Waals surface area contributed by atoms with Gasteiger partial charge in [0.25, 0.3) is 0 Å². The van der Waals surface area contributed by atoms with Crippen molar-refractivity contribution in [2.24, 2.45) is 0 Å². The second-order valence-electron chi connectivity index (χ2n) is 5.57. The number of amides is 1. The largest absolute Gasteiger partial charge is 0.478 e. The van der Waals surface area contributed by atoms with Crippen molar-refractivity contribution in [2.75, 3.05) is 6.61 Å². The summed E-state index contributed by atoms with van der Waals surface area (Å²) in [5.74, 6) is -1.61. The smallest absolute Gasteiger partial charge is 0.332 e. The van der Waals surface area contributed by atoms with Crippen LogP contribution in [0.25, 0.3) is 0 Å². The molecule has 1 aliphatic carbocycles. The van der Waals surface area contributed by atoms with Crippen LogP contribution in [0.15, 0.2) is 11.1 Å². The SMILES string of the molecule is CC1OCC(O)C(NC(=O)C2=C(C(=O)O)CCCC2)C1O. The topological polar surface area (TPSA) is 116 Å². The molecule has 0 radical (unpaired) electrons. The van der Waals surface area contributed by atoms with Crippen LogP contribution in [0.2, 0.25) is 0 Å². The minimum atomic E-state index is -1.08. The van der Waals surface area contributed by atoms with Gasteiger partial charge in [-0.15, -0.1) is 0 Å². The molecule has 118 valence electrons. The molecule has 1 fully saturated rings. The molecule has 2 rings (SSSR count). The van der Waals surface area contributed by atoms with Gasteiger partial charge in [0.1, 0.15) is 12.2 Å². The fraction of sp³-hybridized carbons (Fsp3) is 0.714. The van der Waals surface area contributed by atoms with Gasteiger partial charge in [-0.1, -0.05) is 0 Å². The zero-order valence-corrected chi connectivity index (χ0v) is 11.9. The second-order valence-corrected chi connectivity index (χ2v) is 5.57. The lowest BCUT2D eigenvalue weighted by molar-refractivity contribution is -0.144. The summed E-state index contributed by atoms with van der Waals surface area (Å²) in [6.45, 7) is 1.67. The highest BCUT2D eigenvalue weighted by molar-refractivity contribution is 6.02. The Morgan fingerprint density at radius 2 is 1.81 bits per heavy atom. The molecular weight excluding hydrogens is 278 g/mol. The number of hydrogen-bond acceptors (Lipinski definition) is 5. The number of aliphatic hydroxyl groups excluding tert-OH is 2. The van der Waals surface area contributed by atoms with E-state index in [1.807, 2.05) is 0 Å². The minimum Gasteiger partial charge on any atom is -0.478 e. The number of aliphatic hydroxyl groups is 2. The van der Waals surface area contributed by atoms with Crippen LogP contribution < -0.4 is 5.32 Å². The molecule has 1 saturated heterocycles. The third-order valence-corrected chi connectivity index (χ3v) is 4.09. The van der Waals surface area contributed by atoms with E-state index in [9.17, 15) is 19.8 Å². The quantitative estimate of drug-likeness (QED) is 0.562. The number of carbonyl (C=O) groups is 2. The molecule has 7 nitrogen and oxygen atoms in total. The molecule has 0 spiro atoms. The predicted octanol–water partition coefficient (Wildman–Crippen LogP) is -0.433. The van der Waals surface area contributed by atoms with Gasteiger partial charge in [-0.05, 0) is 32.6 Å². The molecule has 4 N–H and O–H groups in total. The van der Waals surface area contributed by atoms with Gasteiger partial charge in [0.2, 0.25) is 5.91 Å². The van der Waals surface area contributed by atoms with Gasteiger partial charge >= 0.3 is 5.97 Å². The van der Waals surface area contributed by atoms with E-state index >= 15 is 0 Å². The number of carbonyl (C=O) groups excluding carboxylic acids is 1. The third kappa shape index (κ3) is 3.42. The van der Waals surface area contributed by atoms with E-state index in [4.69, 9.17) is 9.84 Å². The van der Waals surface area contributed by atoms with Crippen LogP contribution >= 0.6 is 0 Å². The van der Waals surface area contributed by atoms with E-state index in [0.29, 0.717) is 12.8 Å². The number of hydrogen-bond donors (Lipinski definition) is 4. The van der Waals surface area contributed by atoms with Crippen molar-refractivity contribution in [3.63, 3.8) is 0 Å². The lowest BCUT2D eigenvalue weighted by Gasteiger charge is -2.37. The number of carboxylic acid groups (broad SMARTS) is 1. The fourth-order valence-electron chi connectivity index (χ4n) is 2.78. The number of rotatable bonds is 3. The summed E-state index contributed by atoms with van der Waals surface area (Å²) in [4.78, 5) is 23.5. The molecule has 0 aromatic heterocycles. The summed E-state index contributed by atoms with van der Waals surface area (Å²) in [6.07, 6.45) is -0.274. The maximum absolute atomic E-state index is 12.3. The van der Waals surface area contributed by atoms with Crippen molar-refractivity contribution < 1.29 is 29.6 Å². The zero-order valence-electron chi connectivity index (χ0n) is 11.9. The lowest BCUT2D eigenvalue weighted by atomic mass is 9.90. The van der Waals surface area contributed by atoms with Gasteiger partial charge in [0, 0.05) is 11.1 Å². The first-order chi connectivity index (χ1) is 9.91. The monoisotopic (exact) mass is 299 g/mol. The van der Waals surface area contributed by atoms with Crippen LogP contribution in [-0.4, -0.2) is 58.2 Å². The fourth-order valence-corrected chi connectivity index (χ4v) is 2.78. The van der Waals surface area contributed by atoms with Gasteiger partial charge in [-0.25, -0.2) is 4.79 Å². The molecule has 0 saturated carbocycles. The number of nitrogens with one attached hydrogen (secondary N) is 1. The molecule has 0 aromatic rings. The van der Waals surface area contributed by atoms with E-state index < -0.39 is 36.2 Å². The molecular formula is C14H21NO6. The summed E-state index contributed by atoms with van der Waals surface area (Å²) >= 11 is 0. The summed E-state index contributed by atoms with van der Waals surface area (Å²) in [5.41, 5.74) is 0.370. The molecule has 1 heterocycles. The van der Waals surface area contributed by atoms with Crippen molar-refractivity contribution in [1.29, 1.82) is 0 Å². The number of aliphatic carboxylic acids is 1. The lowest BCUT2D eigenvalue weighted by Crippen LogP contribution is -2.60. The average molecular weight is 299 g/mol. The summed E-state index contributed by atoms with van der Waals surface area (Å²) < 4.78 is 5.16. The Kier molecular flexibility index (Phi) is 4.97. The van der Waals surface area contributed by atoms with Gasteiger partial charge in [-0.2, -0.15) is 0 Å². The van der Waals surface area contributed by atoms with Gasteiger partial charge in [0.05, 0.1) is 18.8 Å². The molecule has 4 atom stereocenters. The Bertz CT molecular complexity index is 460. The second kappa shape index (κ2) is 6.55. The van der Waals surface area contributed by atoms with Crippen molar-refractivity contribution in [3.8, 4) is 0 Å². The minimum absolute atomic E-state index is 0.0218. The Balaban J connectivity index is 2.14. The van der Waals surface area contributed by atoms with Crippen molar-refractivity contribution >= 4 is 11.9 Å². The molecule has 7 heteroatoms. The molecule has 21 heavy (non-hydrogen) atoms. The maximum atomic E-state index is 12.3. The highest BCUT2D eigenvalue weighted by Crippen LogP contribution is 2.26. The van der Waals surface area contributed by atoms with Gasteiger partial charge < -0.3 is 25.4 Å². The van der Waals surface area contributed by atoms with Crippen molar-refractivity contribution in [2.45, 2.75) is 57.0 Å². The summed E-state index contributed by atoms with van der Waals surface area (Å²) in [7, 11) is 0. The number of ether oxygens (including phenoxy) is 1. The highest BCUT2D eigenvalue weighted by Gasteiger charge is 2.38. The summed E-state index contributed by atoms with van der Waals surface area (Å²) in [6, 6.07) is -0.856. The van der Waals surface area contributed by atoms with E-state index in [0.717, 1.165) is 12.8 Å². The first-order valence-electron chi connectivity index (χ1n) is 7.15. The first kappa shape index (κ1) is 15.9. The number of carboxylic acids is 1. The Morgan fingerprint density at radius 3 is 2.43 bits per heavy atom. The van der Waals surface area contributed by atoms with Crippen molar-refractivity contribution in [3.05, 3.63) is 11.1 Å². The Labute approximate surface area is 122 Å². The van der Waals surface area contributed by atoms with Crippen LogP contribution in [0.4, 0.5) is 0 Å². The summed E-state index contributed by atoms with van der Waals surface area (Å²) in [5, 5.41) is 31.6. The molecule has 1 aliphatic heterocycles. The first-order valence-corrected chi connectivity index (χ1v) is 7.15. The van der Waals surface area contributed by atoms with Crippen LogP contribution in [0.3, 0.4) is 0 Å². The third-order valence-electron chi connectivity index (χ3n) is 4.09. The Hall–Kier alpha value is -1.44. The molecule has 4 unspecified atom stereocenters. The molecule has 1 amide bonds. The van der Waals surface area contributed by atoms with Crippen LogP contribution in [0, 0.1) is 0 Å². The van der Waals surface area contributed by atoms with Crippen LogP contribution in [0.5, 0.6) is 0 Å². The van der Waals surface area contributed by atoms with Gasteiger partial charge in [-0.3, -0.25) is 4.79 Å². The van der Waals surface area contributed by atoms with E-state index in [1.54, 1.807) is 6.92 Å². The average Bonchev–Trinajstić information content (AvgIpc) is 2.47. The van der Waals surface area contributed by atoms with Crippen LogP contribution in [-0.2, 0) is 14.3 Å². The normalized spacial score (nSPS) is 33.7. The molecule has 0 bridgehead atoms. The van der Waals surface area contributed by atoms with E-state index in [2.05, 4.69) is 5.32 Å². The standard InChI is InChI=1S/C14H21NO6/c1-7-12(17)11(10(16)6-21-7)15-13(18)8-4-2-3-5-9(8)14(19)20/h7,10-12,16-17H,2-6H2,1H3,(H,15,18)(H,19,20). The predicted molar refractivity (Wildman–Crippen MR) is 72.5 cm³/mol. The maximum Gasteiger partial charge on any atom is 0.332 e. The van der Waals surface area contributed by atoms with Gasteiger partial charge in [0.15, 0.2) is 0 Å². The molecule has 2 aliphatic rings. The van der Waals surface area contributed by atoms with Crippen molar-refractivity contribution in [1.82, 2.24) is 5.32 Å². The highest BCUT2D eigenvalue weighted by atomic mass is 16.5. The zero-order chi connectivity index (χ0) is 15.6. The van der Waals surface area contributed by atoms with E-state index in [1.165, 1.54) is 0 Å². The Morgan fingerprint density at radius 1 is 1.19 bits per heavy atom. The van der Waals surface area contributed by atoms with Crippen LogP contribution in [0.1, 0.15) is 32.6 Å².